The van der Waals surface area contributed by atoms with E-state index >= 15 is 0 Å². The summed E-state index contributed by atoms with van der Waals surface area (Å²) in [6.07, 6.45) is -6.31. The normalized spacial score (nSPS) is 17.4. The maximum Gasteiger partial charge on any atom is 0.275 e. The molecule has 1 rings (SSSR count). The molecular weight excluding hydrogens is 324 g/mol. The molecule has 0 heterocycles. The first-order chi connectivity index (χ1) is 11.1. The van der Waals surface area contributed by atoms with Gasteiger partial charge in [0.1, 0.15) is 23.9 Å². The number of nitro benzene ring substituents is 1. The van der Waals surface area contributed by atoms with Crippen molar-refractivity contribution in [2.75, 3.05) is 6.61 Å². The van der Waals surface area contributed by atoms with Crippen LogP contribution in [0.3, 0.4) is 0 Å². The molecule has 0 fully saturated rings. The molecule has 0 saturated heterocycles. The fourth-order valence-corrected chi connectivity index (χ4v) is 2.28. The third-order valence-corrected chi connectivity index (χ3v) is 3.61. The van der Waals surface area contributed by atoms with Crippen LogP contribution in [-0.2, 0) is 15.1 Å². The number of rotatable bonds is 8. The molecule has 0 aliphatic rings. The first-order valence-electron chi connectivity index (χ1n) is 6.82. The molecule has 0 bridgehead atoms. The quantitative estimate of drug-likeness (QED) is 0.202. The van der Waals surface area contributed by atoms with Crippen LogP contribution in [0.4, 0.5) is 5.69 Å². The summed E-state index contributed by atoms with van der Waals surface area (Å²) < 4.78 is 0. The minimum Gasteiger partial charge on any atom is -0.394 e. The summed E-state index contributed by atoms with van der Waals surface area (Å²) in [6, 6.07) is 4.64. The van der Waals surface area contributed by atoms with Crippen molar-refractivity contribution < 1.29 is 34.9 Å². The lowest BCUT2D eigenvalue weighted by Crippen LogP contribution is -2.62. The Bertz CT molecular complexity index is 649. The second-order valence-corrected chi connectivity index (χ2v) is 5.21. The van der Waals surface area contributed by atoms with Gasteiger partial charge in [-0.2, -0.15) is 0 Å². The van der Waals surface area contributed by atoms with Gasteiger partial charge in [-0.3, -0.25) is 19.7 Å². The number of ketones is 2. The first kappa shape index (κ1) is 19.8. The van der Waals surface area contributed by atoms with Gasteiger partial charge in [-0.05, 0) is 6.07 Å². The summed E-state index contributed by atoms with van der Waals surface area (Å²) in [5.41, 5.74) is 2.01. The maximum absolute atomic E-state index is 12.3. The molecule has 1 aromatic carbocycles. The molecular formula is C14H18N2O8. The van der Waals surface area contributed by atoms with Crippen molar-refractivity contribution in [1.29, 1.82) is 0 Å². The van der Waals surface area contributed by atoms with Gasteiger partial charge < -0.3 is 26.2 Å². The molecule has 0 saturated carbocycles. The Hall–Kier alpha value is -2.24. The number of aliphatic hydroxyl groups is 4. The Morgan fingerprint density at radius 2 is 1.83 bits per heavy atom. The van der Waals surface area contributed by atoms with Crippen molar-refractivity contribution in [1.82, 2.24) is 0 Å². The second-order valence-electron chi connectivity index (χ2n) is 5.21. The molecule has 0 aliphatic heterocycles. The van der Waals surface area contributed by atoms with Crippen LogP contribution in [0.2, 0.25) is 0 Å². The molecule has 10 nitrogen and oxygen atoms in total. The smallest absolute Gasteiger partial charge is 0.275 e. The Labute approximate surface area is 136 Å². The van der Waals surface area contributed by atoms with Crippen molar-refractivity contribution in [3.8, 4) is 0 Å². The Balaban J connectivity index is 3.61. The van der Waals surface area contributed by atoms with Gasteiger partial charge in [-0.1, -0.05) is 12.1 Å². The van der Waals surface area contributed by atoms with Gasteiger partial charge in [0.2, 0.25) is 5.78 Å². The summed E-state index contributed by atoms with van der Waals surface area (Å²) in [5.74, 6) is -2.51. The SMILES string of the molecule is CC(=O)C(=O)[C@@](N)(c1ccccc1[N+](=O)[O-])[C@@H](O)[C@@H](O)[C@H](O)CO. The van der Waals surface area contributed by atoms with Crippen LogP contribution in [-0.4, -0.2) is 61.8 Å². The Kier molecular flexibility index (Phi) is 6.23. The molecule has 132 valence electrons. The standard InChI is InChI=1S/C14H18N2O8/c1-7(18)12(21)14(15,13(22)11(20)10(19)6-17)8-4-2-3-5-9(8)16(23)24/h2-5,10-11,13,17,19-20,22H,6,15H2,1H3/t10-,11+,13+,14+/m1/s1. The van der Waals surface area contributed by atoms with E-state index in [-0.39, 0.29) is 0 Å². The van der Waals surface area contributed by atoms with Crippen LogP contribution in [0.15, 0.2) is 24.3 Å². The number of carbonyl (C=O) groups excluding carboxylic acids is 2. The van der Waals surface area contributed by atoms with Crippen LogP contribution in [0.5, 0.6) is 0 Å². The van der Waals surface area contributed by atoms with Crippen LogP contribution < -0.4 is 5.73 Å². The van der Waals surface area contributed by atoms with E-state index in [4.69, 9.17) is 10.8 Å². The van der Waals surface area contributed by atoms with E-state index in [0.29, 0.717) is 0 Å². The fourth-order valence-electron chi connectivity index (χ4n) is 2.28. The van der Waals surface area contributed by atoms with Crippen LogP contribution in [0, 0.1) is 10.1 Å². The second kappa shape index (κ2) is 7.55. The van der Waals surface area contributed by atoms with Gasteiger partial charge in [-0.15, -0.1) is 0 Å². The molecule has 24 heavy (non-hydrogen) atoms. The summed E-state index contributed by atoms with van der Waals surface area (Å²) in [4.78, 5) is 34.1. The number of benzene rings is 1. The molecule has 10 heteroatoms. The van der Waals surface area contributed by atoms with Gasteiger partial charge in [0, 0.05) is 13.0 Å². The highest BCUT2D eigenvalue weighted by Gasteiger charge is 2.52. The number of nitrogens with zero attached hydrogens (tertiary/aromatic N) is 1. The molecule has 1 aromatic rings. The van der Waals surface area contributed by atoms with Gasteiger partial charge >= 0.3 is 0 Å². The van der Waals surface area contributed by atoms with Gasteiger partial charge in [0.05, 0.1) is 17.1 Å². The van der Waals surface area contributed by atoms with E-state index in [9.17, 15) is 35.0 Å². The molecule has 0 aliphatic carbocycles. The van der Waals surface area contributed by atoms with E-state index in [1.165, 1.54) is 12.1 Å². The number of hydrogen-bond donors (Lipinski definition) is 5. The third-order valence-electron chi connectivity index (χ3n) is 3.61. The lowest BCUT2D eigenvalue weighted by molar-refractivity contribution is -0.386. The highest BCUT2D eigenvalue weighted by Crippen LogP contribution is 2.33. The maximum atomic E-state index is 12.3. The highest BCUT2D eigenvalue weighted by atomic mass is 16.6. The van der Waals surface area contributed by atoms with E-state index in [0.717, 1.165) is 19.1 Å². The van der Waals surface area contributed by atoms with E-state index in [1.807, 2.05) is 0 Å². The van der Waals surface area contributed by atoms with E-state index in [1.54, 1.807) is 0 Å². The van der Waals surface area contributed by atoms with Crippen molar-refractivity contribution in [3.05, 3.63) is 39.9 Å². The summed E-state index contributed by atoms with van der Waals surface area (Å²) in [7, 11) is 0. The monoisotopic (exact) mass is 342 g/mol. The molecule has 0 unspecified atom stereocenters. The molecule has 0 radical (unpaired) electrons. The van der Waals surface area contributed by atoms with Gasteiger partial charge in [0.15, 0.2) is 5.78 Å². The minimum absolute atomic E-state index is 0.508. The Morgan fingerprint density at radius 3 is 2.29 bits per heavy atom. The number of carbonyl (C=O) groups is 2. The van der Waals surface area contributed by atoms with E-state index in [2.05, 4.69) is 0 Å². The van der Waals surface area contributed by atoms with Crippen molar-refractivity contribution in [2.24, 2.45) is 5.73 Å². The number of nitrogens with two attached hydrogens (primary N) is 1. The zero-order valence-corrected chi connectivity index (χ0v) is 12.7. The highest BCUT2D eigenvalue weighted by molar-refractivity contribution is 6.39. The topological polar surface area (TPSA) is 184 Å². The molecule has 0 aromatic heterocycles. The fraction of sp³-hybridized carbons (Fsp3) is 0.429. The Morgan fingerprint density at radius 1 is 1.29 bits per heavy atom. The summed E-state index contributed by atoms with van der Waals surface area (Å²) in [6.45, 7) is -0.125. The minimum atomic E-state index is -2.69. The van der Waals surface area contributed by atoms with Crippen LogP contribution in [0.1, 0.15) is 12.5 Å². The lowest BCUT2D eigenvalue weighted by atomic mass is 9.76. The van der Waals surface area contributed by atoms with Gasteiger partial charge in [-0.25, -0.2) is 0 Å². The average molecular weight is 342 g/mol. The summed E-state index contributed by atoms with van der Waals surface area (Å²) >= 11 is 0. The average Bonchev–Trinajstić information content (AvgIpc) is 2.57. The number of hydrogen-bond acceptors (Lipinski definition) is 9. The predicted molar refractivity (Wildman–Crippen MR) is 79.8 cm³/mol. The third kappa shape index (κ3) is 3.47. The zero-order valence-electron chi connectivity index (χ0n) is 12.7. The lowest BCUT2D eigenvalue weighted by Gasteiger charge is -2.35. The number of aliphatic hydroxyl groups excluding tert-OH is 4. The first-order valence-corrected chi connectivity index (χ1v) is 6.82. The van der Waals surface area contributed by atoms with Crippen molar-refractivity contribution in [3.63, 3.8) is 0 Å². The summed E-state index contributed by atoms with van der Waals surface area (Å²) in [5, 5.41) is 49.6. The molecule has 6 N–H and O–H groups in total. The number of Topliss-reactive ketones (excluding diaryl/α,β-unsaturated/α-hetero) is 2. The van der Waals surface area contributed by atoms with E-state index < -0.39 is 58.2 Å². The van der Waals surface area contributed by atoms with Crippen LogP contribution >= 0.6 is 0 Å². The van der Waals surface area contributed by atoms with Gasteiger partial charge in [0.25, 0.3) is 5.69 Å². The molecule has 0 spiro atoms. The number of nitro groups is 1. The number of para-hydroxylation sites is 1. The molecule has 0 amide bonds. The van der Waals surface area contributed by atoms with Crippen molar-refractivity contribution >= 4 is 17.3 Å². The van der Waals surface area contributed by atoms with Crippen LogP contribution in [0.25, 0.3) is 0 Å². The predicted octanol–water partition coefficient (Wildman–Crippen LogP) is -2.02. The largest absolute Gasteiger partial charge is 0.394 e. The van der Waals surface area contributed by atoms with Crippen molar-refractivity contribution in [2.45, 2.75) is 30.8 Å². The molecule has 4 atom stereocenters. The zero-order chi connectivity index (χ0) is 18.7.